The van der Waals surface area contributed by atoms with Crippen LogP contribution in [0.2, 0.25) is 0 Å². The summed E-state index contributed by atoms with van der Waals surface area (Å²) in [5, 5.41) is 5.35. The van der Waals surface area contributed by atoms with Crippen LogP contribution in [-0.4, -0.2) is 37.2 Å². The van der Waals surface area contributed by atoms with Crippen molar-refractivity contribution >= 4 is 23.1 Å². The lowest BCUT2D eigenvalue weighted by atomic mass is 9.91. The molecule has 2 aliphatic rings. The van der Waals surface area contributed by atoms with Crippen LogP contribution in [0.1, 0.15) is 24.0 Å². The van der Waals surface area contributed by atoms with Crippen LogP contribution in [-0.2, 0) is 20.7 Å². The molecular formula is C22H20F2N2O4. The molecule has 6 nitrogen and oxygen atoms in total. The zero-order valence-corrected chi connectivity index (χ0v) is 16.3. The average molecular weight is 414 g/mol. The van der Waals surface area contributed by atoms with Crippen molar-refractivity contribution in [2.45, 2.75) is 25.9 Å². The lowest BCUT2D eigenvalue weighted by molar-refractivity contribution is -0.128. The second-order valence-electron chi connectivity index (χ2n) is 7.32. The normalized spacial score (nSPS) is 19.1. The maximum absolute atomic E-state index is 12.9. The summed E-state index contributed by atoms with van der Waals surface area (Å²) >= 11 is 0. The highest BCUT2D eigenvalue weighted by atomic mass is 19.3. The van der Waals surface area contributed by atoms with E-state index >= 15 is 0 Å². The van der Waals surface area contributed by atoms with Gasteiger partial charge in [0.05, 0.1) is 24.6 Å². The summed E-state index contributed by atoms with van der Waals surface area (Å²) in [5.41, 5.74) is 2.75. The Morgan fingerprint density at radius 1 is 1.23 bits per heavy atom. The first-order valence-electron chi connectivity index (χ1n) is 9.55. The van der Waals surface area contributed by atoms with Gasteiger partial charge in [0.2, 0.25) is 0 Å². The number of alkyl halides is 2. The van der Waals surface area contributed by atoms with Gasteiger partial charge in [-0.1, -0.05) is 24.3 Å². The van der Waals surface area contributed by atoms with Crippen LogP contribution < -0.4 is 9.75 Å². The number of carbonyl (C=O) groups excluding carboxylic acids is 2. The van der Waals surface area contributed by atoms with E-state index in [4.69, 9.17) is 4.74 Å². The number of benzene rings is 2. The van der Waals surface area contributed by atoms with Crippen LogP contribution in [0.3, 0.4) is 0 Å². The molecule has 1 unspecified atom stereocenters. The van der Waals surface area contributed by atoms with Crippen LogP contribution in [0.15, 0.2) is 53.6 Å². The fourth-order valence-corrected chi connectivity index (χ4v) is 3.58. The predicted octanol–water partition coefficient (Wildman–Crippen LogP) is 3.55. The maximum atomic E-state index is 12.9. The van der Waals surface area contributed by atoms with Crippen LogP contribution >= 0.6 is 0 Å². The average Bonchev–Trinajstić information content (AvgIpc) is 2.95. The Balaban J connectivity index is 1.46. The molecule has 1 amide bonds. The Morgan fingerprint density at radius 3 is 2.60 bits per heavy atom. The Hall–Kier alpha value is -3.13. The van der Waals surface area contributed by atoms with Crippen molar-refractivity contribution < 1.29 is 27.8 Å². The number of hydrogen-bond donors (Lipinski definition) is 0. The monoisotopic (exact) mass is 414 g/mol. The zero-order chi connectivity index (χ0) is 21.3. The van der Waals surface area contributed by atoms with Crippen molar-refractivity contribution in [2.24, 2.45) is 11.0 Å². The number of rotatable bonds is 7. The first-order chi connectivity index (χ1) is 14.4. The van der Waals surface area contributed by atoms with E-state index in [1.54, 1.807) is 6.92 Å². The first-order valence-corrected chi connectivity index (χ1v) is 9.55. The molecule has 0 aromatic heterocycles. The molecule has 0 aliphatic carbocycles. The number of Topliss-reactive ketones (excluding diaryl/α,β-unsaturated/α-hetero) is 1. The number of amides is 1. The van der Waals surface area contributed by atoms with Crippen LogP contribution in [0, 0.1) is 5.92 Å². The highest BCUT2D eigenvalue weighted by molar-refractivity contribution is 6.27. The van der Waals surface area contributed by atoms with E-state index in [-0.39, 0.29) is 18.0 Å². The molecule has 2 aromatic carbocycles. The largest absolute Gasteiger partial charge is 0.435 e. The summed E-state index contributed by atoms with van der Waals surface area (Å²) in [7, 11) is 0. The Morgan fingerprint density at radius 2 is 1.97 bits per heavy atom. The summed E-state index contributed by atoms with van der Waals surface area (Å²) in [6.07, 6.45) is 0.125. The number of carbonyl (C=O) groups is 2. The Bertz CT molecular complexity index is 987. The summed E-state index contributed by atoms with van der Waals surface area (Å²) in [4.78, 5) is 25.8. The fraction of sp³-hybridized carbons (Fsp3) is 0.318. The van der Waals surface area contributed by atoms with Gasteiger partial charge in [0, 0.05) is 12.3 Å². The molecule has 2 aromatic rings. The molecule has 156 valence electrons. The molecule has 0 saturated carbocycles. The summed E-state index contributed by atoms with van der Waals surface area (Å²) in [6.45, 7) is 0.0688. The van der Waals surface area contributed by atoms with Gasteiger partial charge in [-0.05, 0) is 42.3 Å². The van der Waals surface area contributed by atoms with Crippen molar-refractivity contribution in [3.05, 3.63) is 59.7 Å². The number of ketones is 1. The quantitative estimate of drug-likeness (QED) is 0.650. The van der Waals surface area contributed by atoms with E-state index in [0.29, 0.717) is 30.5 Å². The zero-order valence-electron chi connectivity index (χ0n) is 16.3. The third-order valence-electron chi connectivity index (χ3n) is 5.20. The number of hydrazone groups is 1. The minimum Gasteiger partial charge on any atom is -0.435 e. The smallest absolute Gasteiger partial charge is 0.387 e. The molecule has 2 aliphatic heterocycles. The number of anilines is 1. The van der Waals surface area contributed by atoms with E-state index in [2.05, 4.69) is 9.84 Å². The molecule has 2 heterocycles. The van der Waals surface area contributed by atoms with E-state index in [1.807, 2.05) is 24.3 Å². The molecule has 0 spiro atoms. The number of nitrogens with zero attached hydrogens (tertiary/aromatic N) is 2. The lowest BCUT2D eigenvalue weighted by Gasteiger charge is -2.26. The Kier molecular flexibility index (Phi) is 5.59. The van der Waals surface area contributed by atoms with Gasteiger partial charge in [-0.2, -0.15) is 18.9 Å². The van der Waals surface area contributed by atoms with Crippen molar-refractivity contribution in [1.82, 2.24) is 0 Å². The van der Waals surface area contributed by atoms with E-state index in [0.717, 1.165) is 16.1 Å². The second kappa shape index (κ2) is 8.31. The van der Waals surface area contributed by atoms with Gasteiger partial charge < -0.3 is 9.47 Å². The maximum Gasteiger partial charge on any atom is 0.387 e. The second-order valence-corrected chi connectivity index (χ2v) is 7.32. The van der Waals surface area contributed by atoms with Crippen LogP contribution in [0.4, 0.5) is 14.5 Å². The molecule has 1 fully saturated rings. The van der Waals surface area contributed by atoms with E-state index in [1.165, 1.54) is 24.3 Å². The molecule has 0 bridgehead atoms. The van der Waals surface area contributed by atoms with E-state index in [9.17, 15) is 18.4 Å². The highest BCUT2D eigenvalue weighted by Crippen LogP contribution is 2.28. The third kappa shape index (κ3) is 4.09. The molecule has 8 heteroatoms. The molecule has 4 rings (SSSR count). The molecular weight excluding hydrogens is 394 g/mol. The van der Waals surface area contributed by atoms with Gasteiger partial charge in [-0.25, -0.2) is 0 Å². The molecule has 0 radical (unpaired) electrons. The van der Waals surface area contributed by atoms with Gasteiger partial charge in [-0.15, -0.1) is 0 Å². The number of halogens is 2. The predicted molar refractivity (Wildman–Crippen MR) is 106 cm³/mol. The summed E-state index contributed by atoms with van der Waals surface area (Å²) in [5.74, 6) is -1.32. The standard InChI is InChI=1S/C22H20F2N2O4/c1-13-20(19(27)10-14-3-2-4-15(9-14)16-11-29-12-16)21(28)26(25-13)17-5-7-18(8-6-17)30-22(23)24/h2-9,16,20,22H,10-12H2,1H3. The fourth-order valence-electron chi connectivity index (χ4n) is 3.58. The summed E-state index contributed by atoms with van der Waals surface area (Å²) < 4.78 is 34.1. The lowest BCUT2D eigenvalue weighted by Crippen LogP contribution is -2.33. The van der Waals surface area contributed by atoms with Crippen molar-refractivity contribution in [2.75, 3.05) is 18.2 Å². The molecule has 1 saturated heterocycles. The Labute approximate surface area is 172 Å². The van der Waals surface area contributed by atoms with Crippen molar-refractivity contribution in [1.29, 1.82) is 0 Å². The molecule has 30 heavy (non-hydrogen) atoms. The third-order valence-corrected chi connectivity index (χ3v) is 5.20. The number of hydrogen-bond acceptors (Lipinski definition) is 5. The molecule has 0 N–H and O–H groups in total. The van der Waals surface area contributed by atoms with Gasteiger partial charge >= 0.3 is 6.61 Å². The first kappa shape index (κ1) is 20.2. The SMILES string of the molecule is CC1=NN(c2ccc(OC(F)F)cc2)C(=O)C1C(=O)Cc1cccc(C2COC2)c1. The van der Waals surface area contributed by atoms with Crippen LogP contribution in [0.25, 0.3) is 0 Å². The minimum absolute atomic E-state index is 0.0227. The van der Waals surface area contributed by atoms with Crippen molar-refractivity contribution in [3.8, 4) is 5.75 Å². The number of ether oxygens (including phenoxy) is 2. The topological polar surface area (TPSA) is 68.2 Å². The molecule has 1 atom stereocenters. The highest BCUT2D eigenvalue weighted by Gasteiger charge is 2.39. The van der Waals surface area contributed by atoms with Crippen LogP contribution in [0.5, 0.6) is 5.75 Å². The van der Waals surface area contributed by atoms with Gasteiger partial charge in [0.25, 0.3) is 5.91 Å². The van der Waals surface area contributed by atoms with Gasteiger partial charge in [0.1, 0.15) is 11.7 Å². The minimum atomic E-state index is -2.93. The van der Waals surface area contributed by atoms with Gasteiger partial charge in [0.15, 0.2) is 5.78 Å². The van der Waals surface area contributed by atoms with E-state index < -0.39 is 18.4 Å². The van der Waals surface area contributed by atoms with Crippen molar-refractivity contribution in [3.63, 3.8) is 0 Å². The summed E-state index contributed by atoms with van der Waals surface area (Å²) in [6, 6.07) is 13.3. The van der Waals surface area contributed by atoms with Gasteiger partial charge in [-0.3, -0.25) is 9.59 Å².